The number of rotatable bonds is 2. The molecule has 5 nitrogen and oxygen atoms in total. The molecule has 4 aromatic carbocycles. The van der Waals surface area contributed by atoms with Crippen LogP contribution in [0.3, 0.4) is 0 Å². The van der Waals surface area contributed by atoms with E-state index in [1.54, 1.807) is 12.1 Å². The minimum Gasteiger partial charge on any atom is -0.477 e. The van der Waals surface area contributed by atoms with Crippen molar-refractivity contribution in [1.29, 1.82) is 0 Å². The first-order valence-electron chi connectivity index (χ1n) is 12.2. The van der Waals surface area contributed by atoms with Gasteiger partial charge in [-0.1, -0.05) is 78.2 Å². The fraction of sp³-hybridized carbons (Fsp3) is 0. The number of pyridine rings is 2. The zero-order chi connectivity index (χ0) is 25.6. The summed E-state index contributed by atoms with van der Waals surface area (Å²) in [7, 11) is 0. The molecule has 1 aliphatic rings. The summed E-state index contributed by atoms with van der Waals surface area (Å²) >= 11 is 0. The van der Waals surface area contributed by atoms with E-state index in [-0.39, 0.29) is 25.8 Å². The Bertz CT molecular complexity index is 2020. The van der Waals surface area contributed by atoms with Gasteiger partial charge in [-0.25, -0.2) is 9.78 Å². The van der Waals surface area contributed by atoms with E-state index in [1.807, 2.05) is 30.3 Å². The number of para-hydroxylation sites is 1. The summed E-state index contributed by atoms with van der Waals surface area (Å²) < 4.78 is 6.08. The Morgan fingerprint density at radius 3 is 2.26 bits per heavy atom. The molecule has 189 valence electrons. The summed E-state index contributed by atoms with van der Waals surface area (Å²) in [6, 6.07) is 37.5. The van der Waals surface area contributed by atoms with Gasteiger partial charge in [0, 0.05) is 31.7 Å². The van der Waals surface area contributed by atoms with E-state index < -0.39 is 5.97 Å². The first-order valence-corrected chi connectivity index (χ1v) is 12.2. The Hall–Kier alpha value is -4.64. The summed E-state index contributed by atoms with van der Waals surface area (Å²) in [5.41, 5.74) is 9.83. The van der Waals surface area contributed by atoms with E-state index in [0.717, 1.165) is 38.7 Å². The van der Waals surface area contributed by atoms with Gasteiger partial charge in [-0.2, -0.15) is 0 Å². The first kappa shape index (κ1) is 24.7. The Morgan fingerprint density at radius 1 is 0.744 bits per heavy atom. The van der Waals surface area contributed by atoms with Crippen LogP contribution >= 0.6 is 0 Å². The molecule has 0 aliphatic heterocycles. The molecule has 0 fully saturated rings. The standard InChI is InChI=1S/C27H14NO.C6H5NO2.Ir/c1-2-8-17-16(7-1)18-10-5-12-22-26(18)21(17)15-23(28-22)19-11-6-14-25-27(19)20-9-3-4-13-24(20)29-25;8-6(9)5-3-1-2-4-7-5;/h1-10,12-15H;1-4H,(H,8,9);/q-1;;. The number of hydrogen-bond donors (Lipinski definition) is 1. The molecule has 3 heterocycles. The zero-order valence-corrected chi connectivity index (χ0v) is 22.8. The van der Waals surface area contributed by atoms with Gasteiger partial charge in [0.2, 0.25) is 0 Å². The fourth-order valence-corrected chi connectivity index (χ4v) is 5.21. The maximum atomic E-state index is 10.1. The Labute approximate surface area is 237 Å². The van der Waals surface area contributed by atoms with E-state index >= 15 is 0 Å². The van der Waals surface area contributed by atoms with E-state index in [1.165, 1.54) is 39.9 Å². The van der Waals surface area contributed by atoms with Crippen molar-refractivity contribution in [2.45, 2.75) is 0 Å². The smallest absolute Gasteiger partial charge is 0.354 e. The third kappa shape index (κ3) is 4.11. The number of aromatic carboxylic acids is 1. The predicted octanol–water partition coefficient (Wildman–Crippen LogP) is 8.03. The quantitative estimate of drug-likeness (QED) is 0.187. The van der Waals surface area contributed by atoms with E-state index in [9.17, 15) is 4.79 Å². The molecule has 6 heteroatoms. The molecule has 0 bridgehead atoms. The molecule has 3 aromatic heterocycles. The van der Waals surface area contributed by atoms with Crippen LogP contribution in [0.5, 0.6) is 0 Å². The van der Waals surface area contributed by atoms with Crippen LogP contribution in [0.25, 0.3) is 66.4 Å². The molecule has 0 saturated carbocycles. The molecule has 0 unspecified atom stereocenters. The number of fused-ring (bicyclic) bond motifs is 6. The molecule has 7 aromatic rings. The van der Waals surface area contributed by atoms with Crippen molar-refractivity contribution in [3.05, 3.63) is 121 Å². The molecule has 0 saturated heterocycles. The Kier molecular flexibility index (Phi) is 6.27. The summed E-state index contributed by atoms with van der Waals surface area (Å²) in [6.07, 6.45) is 1.45. The number of nitrogens with zero attached hydrogens (tertiary/aromatic N) is 2. The van der Waals surface area contributed by atoms with Crippen LogP contribution in [0.2, 0.25) is 0 Å². The number of carbonyl (C=O) groups is 1. The number of benzene rings is 4. The van der Waals surface area contributed by atoms with Gasteiger partial charge in [-0.15, -0.1) is 17.7 Å². The fourth-order valence-electron chi connectivity index (χ4n) is 5.21. The van der Waals surface area contributed by atoms with Crippen LogP contribution < -0.4 is 0 Å². The third-order valence-electron chi connectivity index (χ3n) is 6.82. The molecule has 0 spiro atoms. The number of carboxylic acid groups (broad SMARTS) is 1. The molecule has 1 radical (unpaired) electrons. The van der Waals surface area contributed by atoms with Crippen molar-refractivity contribution in [3.8, 4) is 33.5 Å². The molecule has 1 N–H and O–H groups in total. The predicted molar refractivity (Wildman–Crippen MR) is 149 cm³/mol. The third-order valence-corrected chi connectivity index (χ3v) is 6.82. The second kappa shape index (κ2) is 9.91. The molecule has 8 rings (SSSR count). The number of furan rings is 1. The maximum absolute atomic E-state index is 10.1. The minimum atomic E-state index is -0.990. The van der Waals surface area contributed by atoms with Crippen molar-refractivity contribution in [1.82, 2.24) is 9.97 Å². The normalized spacial score (nSPS) is 11.1. The zero-order valence-electron chi connectivity index (χ0n) is 20.4. The van der Waals surface area contributed by atoms with Crippen LogP contribution in [0, 0.1) is 6.07 Å². The molecule has 0 amide bonds. The number of aromatic nitrogens is 2. The summed E-state index contributed by atoms with van der Waals surface area (Å²) in [6.45, 7) is 0. The van der Waals surface area contributed by atoms with E-state index in [2.05, 4.69) is 65.6 Å². The largest absolute Gasteiger partial charge is 0.477 e. The minimum absolute atomic E-state index is 0. The van der Waals surface area contributed by atoms with Crippen LogP contribution in [0.1, 0.15) is 10.5 Å². The first-order chi connectivity index (χ1) is 18.7. The molecule has 1 aliphatic carbocycles. The van der Waals surface area contributed by atoms with E-state index in [0.29, 0.717) is 0 Å². The van der Waals surface area contributed by atoms with Crippen molar-refractivity contribution in [2.75, 3.05) is 0 Å². The molecule has 39 heavy (non-hydrogen) atoms. The van der Waals surface area contributed by atoms with Gasteiger partial charge >= 0.3 is 5.97 Å². The van der Waals surface area contributed by atoms with Gasteiger partial charge in [0.25, 0.3) is 0 Å². The second-order valence-corrected chi connectivity index (χ2v) is 9.01. The second-order valence-electron chi connectivity index (χ2n) is 9.01. The molecular formula is C33H19IrN2O3-. The maximum Gasteiger partial charge on any atom is 0.354 e. The molecule has 0 atom stereocenters. The van der Waals surface area contributed by atoms with Crippen LogP contribution in [0.15, 0.2) is 114 Å². The van der Waals surface area contributed by atoms with Gasteiger partial charge < -0.3 is 9.52 Å². The van der Waals surface area contributed by atoms with Gasteiger partial charge in [0.1, 0.15) is 11.3 Å². The van der Waals surface area contributed by atoms with Crippen molar-refractivity contribution < 1.29 is 34.4 Å². The van der Waals surface area contributed by atoms with Gasteiger partial charge in [-0.05, 0) is 57.6 Å². The van der Waals surface area contributed by atoms with Crippen LogP contribution in [0.4, 0.5) is 0 Å². The Balaban J connectivity index is 0.000000239. The average Bonchev–Trinajstić information content (AvgIpc) is 3.51. The van der Waals surface area contributed by atoms with Gasteiger partial charge in [0.05, 0.1) is 11.1 Å². The Morgan fingerprint density at radius 2 is 1.49 bits per heavy atom. The van der Waals surface area contributed by atoms with Crippen molar-refractivity contribution in [2.24, 2.45) is 0 Å². The SMILES string of the molecule is O=C(O)c1ccccn1.[Ir].[c-]1ccc2oc3ccccc3c2c1-c1cc2c3c(cccc3n1)-c1ccccc1-2. The summed E-state index contributed by atoms with van der Waals surface area (Å²) in [5.74, 6) is -0.990. The average molecular weight is 684 g/mol. The number of carboxylic acids is 1. The van der Waals surface area contributed by atoms with Crippen molar-refractivity contribution in [3.63, 3.8) is 0 Å². The summed E-state index contributed by atoms with van der Waals surface area (Å²) in [5, 5.41) is 11.7. The van der Waals surface area contributed by atoms with Crippen LogP contribution in [-0.2, 0) is 20.1 Å². The topological polar surface area (TPSA) is 76.2 Å². The number of hydrogen-bond acceptors (Lipinski definition) is 4. The van der Waals surface area contributed by atoms with E-state index in [4.69, 9.17) is 14.5 Å². The monoisotopic (exact) mass is 684 g/mol. The van der Waals surface area contributed by atoms with Gasteiger partial charge in [0.15, 0.2) is 0 Å². The summed E-state index contributed by atoms with van der Waals surface area (Å²) in [4.78, 5) is 18.8. The molecular weight excluding hydrogens is 665 g/mol. The van der Waals surface area contributed by atoms with Crippen molar-refractivity contribution >= 4 is 38.8 Å². The van der Waals surface area contributed by atoms with Gasteiger partial charge in [-0.3, -0.25) is 4.98 Å². The van der Waals surface area contributed by atoms with Crippen LogP contribution in [-0.4, -0.2) is 21.0 Å².